The molecule has 0 amide bonds. The maximum Gasteiger partial charge on any atom is 0.217 e. The van der Waals surface area contributed by atoms with E-state index >= 15 is 0 Å². The van der Waals surface area contributed by atoms with E-state index in [0.717, 1.165) is 11.3 Å². The van der Waals surface area contributed by atoms with Crippen LogP contribution in [0.4, 0.5) is 5.69 Å². The molecule has 3 heterocycles. The summed E-state index contributed by atoms with van der Waals surface area (Å²) >= 11 is 0. The first-order chi connectivity index (χ1) is 12.1. The smallest absolute Gasteiger partial charge is 0.217 e. The highest BCUT2D eigenvalue weighted by molar-refractivity contribution is 6.13. The minimum Gasteiger partial charge on any atom is -0.380 e. The molecule has 2 aliphatic heterocycles. The molecule has 128 valence electrons. The number of ether oxygens (including phenoxy) is 1. The van der Waals surface area contributed by atoms with Gasteiger partial charge in [0.15, 0.2) is 0 Å². The van der Waals surface area contributed by atoms with Crippen molar-refractivity contribution in [2.75, 3.05) is 18.5 Å². The predicted octanol–water partition coefficient (Wildman–Crippen LogP) is 1.55. The van der Waals surface area contributed by atoms with Crippen molar-refractivity contribution >= 4 is 17.5 Å². The van der Waals surface area contributed by atoms with Gasteiger partial charge in [0.1, 0.15) is 5.84 Å². The first-order valence-corrected chi connectivity index (χ1v) is 8.14. The van der Waals surface area contributed by atoms with Crippen LogP contribution in [-0.4, -0.2) is 35.8 Å². The summed E-state index contributed by atoms with van der Waals surface area (Å²) in [7, 11) is 0. The van der Waals surface area contributed by atoms with Crippen LogP contribution in [0, 0.1) is 5.41 Å². The van der Waals surface area contributed by atoms with Crippen molar-refractivity contribution in [3.05, 3.63) is 60.4 Å². The Morgan fingerprint density at radius 2 is 1.80 bits per heavy atom. The third kappa shape index (κ3) is 2.88. The molecular weight excluding hydrogens is 316 g/mol. The summed E-state index contributed by atoms with van der Waals surface area (Å²) in [5, 5.41) is 6.49. The van der Waals surface area contributed by atoms with Crippen LogP contribution >= 0.6 is 0 Å². The molecule has 1 atom stereocenters. The van der Waals surface area contributed by atoms with E-state index in [1.165, 1.54) is 0 Å². The lowest BCUT2D eigenvalue weighted by Gasteiger charge is -2.48. The zero-order valence-electron chi connectivity index (χ0n) is 13.9. The van der Waals surface area contributed by atoms with Gasteiger partial charge in [0.05, 0.1) is 18.6 Å². The van der Waals surface area contributed by atoms with Crippen LogP contribution in [0.25, 0.3) is 0 Å². The highest BCUT2D eigenvalue weighted by atomic mass is 16.5. The van der Waals surface area contributed by atoms with Crippen molar-refractivity contribution in [2.45, 2.75) is 12.7 Å². The summed E-state index contributed by atoms with van der Waals surface area (Å²) in [6, 6.07) is 13.6. The molecule has 0 spiro atoms. The molecule has 1 unspecified atom stereocenters. The zero-order valence-corrected chi connectivity index (χ0v) is 13.9. The van der Waals surface area contributed by atoms with Crippen molar-refractivity contribution in [2.24, 2.45) is 21.1 Å². The SMILES string of the molecule is CC1(C2(N)N=C(Nc3ccncc3)NC(c3ccccc3)=N2)COC1. The number of hydrogen-bond donors (Lipinski definition) is 3. The predicted molar refractivity (Wildman–Crippen MR) is 97.3 cm³/mol. The molecule has 1 aromatic carbocycles. The molecule has 4 rings (SSSR count). The third-order valence-corrected chi connectivity index (χ3v) is 4.52. The average Bonchev–Trinajstić information content (AvgIpc) is 2.61. The van der Waals surface area contributed by atoms with Crippen LogP contribution in [0.2, 0.25) is 0 Å². The Labute approximate surface area is 146 Å². The van der Waals surface area contributed by atoms with Gasteiger partial charge in [-0.25, -0.2) is 9.98 Å². The van der Waals surface area contributed by atoms with Gasteiger partial charge in [0, 0.05) is 23.6 Å². The molecule has 0 aliphatic carbocycles. The fourth-order valence-corrected chi connectivity index (χ4v) is 2.79. The van der Waals surface area contributed by atoms with Crippen molar-refractivity contribution in [1.29, 1.82) is 0 Å². The van der Waals surface area contributed by atoms with Crippen molar-refractivity contribution in [3.63, 3.8) is 0 Å². The largest absolute Gasteiger partial charge is 0.380 e. The van der Waals surface area contributed by atoms with E-state index in [4.69, 9.17) is 15.5 Å². The van der Waals surface area contributed by atoms with E-state index < -0.39 is 5.79 Å². The molecule has 25 heavy (non-hydrogen) atoms. The second-order valence-corrected chi connectivity index (χ2v) is 6.55. The van der Waals surface area contributed by atoms with E-state index in [0.29, 0.717) is 25.0 Å². The van der Waals surface area contributed by atoms with Crippen LogP contribution in [-0.2, 0) is 4.74 Å². The lowest BCUT2D eigenvalue weighted by Crippen LogP contribution is -2.64. The molecule has 7 heteroatoms. The van der Waals surface area contributed by atoms with Crippen molar-refractivity contribution in [1.82, 2.24) is 10.3 Å². The number of nitrogens with two attached hydrogens (primary N) is 1. The number of amidine groups is 1. The Morgan fingerprint density at radius 3 is 2.44 bits per heavy atom. The van der Waals surface area contributed by atoms with E-state index in [9.17, 15) is 0 Å². The summed E-state index contributed by atoms with van der Waals surface area (Å²) in [5.41, 5.74) is 8.09. The topological polar surface area (TPSA) is 96.9 Å². The zero-order chi connectivity index (χ0) is 17.3. The number of guanidine groups is 1. The lowest BCUT2D eigenvalue weighted by atomic mass is 9.81. The molecule has 7 nitrogen and oxygen atoms in total. The van der Waals surface area contributed by atoms with Gasteiger partial charge in [0.25, 0.3) is 0 Å². The van der Waals surface area contributed by atoms with Gasteiger partial charge in [-0.1, -0.05) is 30.3 Å². The van der Waals surface area contributed by atoms with Crippen LogP contribution in [0.3, 0.4) is 0 Å². The van der Waals surface area contributed by atoms with Gasteiger partial charge >= 0.3 is 0 Å². The normalized spacial score (nSPS) is 24.4. The first kappa shape index (κ1) is 15.7. The van der Waals surface area contributed by atoms with Crippen LogP contribution in [0.15, 0.2) is 64.8 Å². The number of aliphatic imine (C=N–C) groups is 2. The van der Waals surface area contributed by atoms with Crippen LogP contribution in [0.1, 0.15) is 12.5 Å². The highest BCUT2D eigenvalue weighted by Crippen LogP contribution is 2.40. The molecule has 0 bridgehead atoms. The number of pyridine rings is 1. The monoisotopic (exact) mass is 336 g/mol. The molecule has 2 aliphatic rings. The fraction of sp³-hybridized carbons (Fsp3) is 0.278. The number of nitrogens with one attached hydrogen (secondary N) is 2. The number of rotatable bonds is 3. The minimum atomic E-state index is -1.10. The Morgan fingerprint density at radius 1 is 1.08 bits per heavy atom. The molecule has 0 radical (unpaired) electrons. The maximum absolute atomic E-state index is 6.62. The van der Waals surface area contributed by atoms with Gasteiger partial charge in [-0.05, 0) is 19.1 Å². The quantitative estimate of drug-likeness (QED) is 0.790. The van der Waals surface area contributed by atoms with Gasteiger partial charge in [-0.2, -0.15) is 0 Å². The Kier molecular flexibility index (Phi) is 3.74. The second-order valence-electron chi connectivity index (χ2n) is 6.55. The second kappa shape index (κ2) is 5.94. The van der Waals surface area contributed by atoms with Crippen LogP contribution in [0.5, 0.6) is 0 Å². The van der Waals surface area contributed by atoms with E-state index in [1.807, 2.05) is 49.4 Å². The number of benzene rings is 1. The fourth-order valence-electron chi connectivity index (χ4n) is 2.79. The Bertz CT molecular complexity index is 816. The molecule has 0 saturated carbocycles. The number of anilines is 1. The molecule has 1 aromatic heterocycles. The molecule has 1 saturated heterocycles. The summed E-state index contributed by atoms with van der Waals surface area (Å²) in [4.78, 5) is 13.4. The Balaban J connectivity index is 1.71. The van der Waals surface area contributed by atoms with Gasteiger partial charge in [-0.15, -0.1) is 0 Å². The van der Waals surface area contributed by atoms with E-state index in [2.05, 4.69) is 20.6 Å². The Hall–Kier alpha value is -2.77. The average molecular weight is 336 g/mol. The standard InChI is InChI=1S/C18H20N6O/c1-17(11-25-12-17)18(19)23-15(13-5-3-2-4-6-13)22-16(24-18)21-14-7-9-20-10-8-14/h2-10H,11-12,19H2,1H3,(H2,20,21,22,23,24). The molecule has 2 aromatic rings. The van der Waals surface area contributed by atoms with Gasteiger partial charge in [-0.3, -0.25) is 10.7 Å². The number of nitrogens with zero attached hydrogens (tertiary/aromatic N) is 3. The number of aromatic nitrogens is 1. The minimum absolute atomic E-state index is 0.347. The summed E-state index contributed by atoms with van der Waals surface area (Å²) in [6.45, 7) is 3.10. The van der Waals surface area contributed by atoms with Crippen LogP contribution < -0.4 is 16.4 Å². The maximum atomic E-state index is 6.62. The molecule has 4 N–H and O–H groups in total. The van der Waals surface area contributed by atoms with E-state index in [1.54, 1.807) is 12.4 Å². The molecular formula is C18H20N6O. The first-order valence-electron chi connectivity index (χ1n) is 8.14. The number of hydrogen-bond acceptors (Lipinski definition) is 7. The third-order valence-electron chi connectivity index (χ3n) is 4.52. The molecule has 1 fully saturated rings. The summed E-state index contributed by atoms with van der Waals surface area (Å²) in [5.74, 6) is 0.135. The van der Waals surface area contributed by atoms with Crippen molar-refractivity contribution < 1.29 is 4.74 Å². The van der Waals surface area contributed by atoms with Gasteiger partial charge in [0.2, 0.25) is 11.7 Å². The highest BCUT2D eigenvalue weighted by Gasteiger charge is 2.53. The summed E-state index contributed by atoms with van der Waals surface area (Å²) in [6.07, 6.45) is 3.43. The lowest BCUT2D eigenvalue weighted by molar-refractivity contribution is -0.140. The summed E-state index contributed by atoms with van der Waals surface area (Å²) < 4.78 is 5.38. The van der Waals surface area contributed by atoms with Crippen molar-refractivity contribution in [3.8, 4) is 0 Å². The van der Waals surface area contributed by atoms with E-state index in [-0.39, 0.29) is 5.41 Å². The van der Waals surface area contributed by atoms with Gasteiger partial charge < -0.3 is 15.4 Å².